The van der Waals surface area contributed by atoms with Crippen LogP contribution in [0.3, 0.4) is 0 Å². The summed E-state index contributed by atoms with van der Waals surface area (Å²) in [6, 6.07) is 10.1. The van der Waals surface area contributed by atoms with Crippen LogP contribution in [0.25, 0.3) is 0 Å². The van der Waals surface area contributed by atoms with Gasteiger partial charge in [-0.15, -0.1) is 0 Å². The molecule has 1 atom stereocenters. The van der Waals surface area contributed by atoms with Gasteiger partial charge in [-0.25, -0.2) is 4.39 Å². The number of hydrogen-bond acceptors (Lipinski definition) is 2. The van der Waals surface area contributed by atoms with Crippen LogP contribution in [0.5, 0.6) is 5.75 Å². The van der Waals surface area contributed by atoms with Gasteiger partial charge in [0.25, 0.3) is 0 Å². The lowest BCUT2D eigenvalue weighted by molar-refractivity contribution is 0.174. The third-order valence-corrected chi connectivity index (χ3v) is 3.47. The van der Waals surface area contributed by atoms with Crippen LogP contribution < -0.4 is 4.74 Å². The normalized spacial score (nSPS) is 12.2. The Bertz CT molecular complexity index is 613. The van der Waals surface area contributed by atoms with Crippen molar-refractivity contribution >= 4 is 11.6 Å². The fraction of sp³-hybridized carbons (Fsp3) is 0.250. The van der Waals surface area contributed by atoms with Crippen molar-refractivity contribution in [3.8, 4) is 5.75 Å². The molecule has 0 aromatic heterocycles. The molecular formula is C16H16ClFO2. The first-order valence-corrected chi connectivity index (χ1v) is 6.65. The molecule has 2 aromatic carbocycles. The molecule has 2 rings (SSSR count). The summed E-state index contributed by atoms with van der Waals surface area (Å²) in [6.45, 7) is 1.95. The number of aryl methyl sites for hydroxylation is 1. The monoisotopic (exact) mass is 294 g/mol. The van der Waals surface area contributed by atoms with Crippen molar-refractivity contribution in [1.82, 2.24) is 0 Å². The predicted molar refractivity (Wildman–Crippen MR) is 77.8 cm³/mol. The summed E-state index contributed by atoms with van der Waals surface area (Å²) in [7, 11) is 1.56. The van der Waals surface area contributed by atoms with E-state index in [1.807, 2.05) is 25.1 Å². The fourth-order valence-electron chi connectivity index (χ4n) is 2.09. The summed E-state index contributed by atoms with van der Waals surface area (Å²) in [6.07, 6.45) is -0.459. The van der Waals surface area contributed by atoms with Gasteiger partial charge in [-0.05, 0) is 36.2 Å². The average Bonchev–Trinajstić information content (AvgIpc) is 2.42. The molecule has 0 bridgehead atoms. The Morgan fingerprint density at radius 3 is 2.65 bits per heavy atom. The van der Waals surface area contributed by atoms with Gasteiger partial charge in [0, 0.05) is 12.0 Å². The number of benzene rings is 2. The van der Waals surface area contributed by atoms with Gasteiger partial charge in [-0.1, -0.05) is 29.8 Å². The minimum atomic E-state index is -0.758. The second-order valence-corrected chi connectivity index (χ2v) is 5.12. The van der Waals surface area contributed by atoms with E-state index in [1.54, 1.807) is 13.2 Å². The third kappa shape index (κ3) is 3.30. The van der Waals surface area contributed by atoms with Crippen LogP contribution in [-0.2, 0) is 6.42 Å². The standard InChI is InChI=1S/C16H16ClFO2/c1-10-3-5-12(16(7-10)20-2)15(19)9-11-4-6-13(17)14(18)8-11/h3-8,15,19H,9H2,1-2H3. The fourth-order valence-corrected chi connectivity index (χ4v) is 2.21. The highest BCUT2D eigenvalue weighted by atomic mass is 35.5. The van der Waals surface area contributed by atoms with E-state index in [4.69, 9.17) is 16.3 Å². The number of halogens is 2. The molecule has 4 heteroatoms. The van der Waals surface area contributed by atoms with Gasteiger partial charge in [0.15, 0.2) is 0 Å². The van der Waals surface area contributed by atoms with Crippen LogP contribution in [0.15, 0.2) is 36.4 Å². The summed E-state index contributed by atoms with van der Waals surface area (Å²) in [5.74, 6) is 0.152. The van der Waals surface area contributed by atoms with Crippen LogP contribution in [-0.4, -0.2) is 12.2 Å². The average molecular weight is 295 g/mol. The van der Waals surface area contributed by atoms with Crippen molar-refractivity contribution in [2.45, 2.75) is 19.4 Å². The molecule has 0 heterocycles. The van der Waals surface area contributed by atoms with E-state index in [0.717, 1.165) is 5.56 Å². The summed E-state index contributed by atoms with van der Waals surface area (Å²) >= 11 is 5.64. The highest BCUT2D eigenvalue weighted by molar-refractivity contribution is 6.30. The van der Waals surface area contributed by atoms with E-state index in [-0.39, 0.29) is 5.02 Å². The number of rotatable bonds is 4. The lowest BCUT2D eigenvalue weighted by Crippen LogP contribution is -2.04. The van der Waals surface area contributed by atoms with E-state index in [9.17, 15) is 9.50 Å². The highest BCUT2D eigenvalue weighted by Crippen LogP contribution is 2.29. The number of methoxy groups -OCH3 is 1. The SMILES string of the molecule is COc1cc(C)ccc1C(O)Cc1ccc(Cl)c(F)c1. The molecule has 0 saturated carbocycles. The zero-order chi connectivity index (χ0) is 14.7. The molecule has 0 saturated heterocycles. The second kappa shape index (κ2) is 6.25. The molecule has 0 aliphatic carbocycles. The number of aliphatic hydroxyl groups is 1. The zero-order valence-electron chi connectivity index (χ0n) is 11.4. The topological polar surface area (TPSA) is 29.5 Å². The maximum Gasteiger partial charge on any atom is 0.142 e. The largest absolute Gasteiger partial charge is 0.496 e. The molecular weight excluding hydrogens is 279 g/mol. The number of aliphatic hydroxyl groups excluding tert-OH is 1. The lowest BCUT2D eigenvalue weighted by atomic mass is 9.99. The van der Waals surface area contributed by atoms with Gasteiger partial charge in [0.05, 0.1) is 18.2 Å². The molecule has 2 aromatic rings. The zero-order valence-corrected chi connectivity index (χ0v) is 12.1. The Hall–Kier alpha value is -1.58. The molecule has 0 amide bonds. The Kier molecular flexibility index (Phi) is 4.63. The summed E-state index contributed by atoms with van der Waals surface area (Å²) in [5.41, 5.74) is 2.42. The minimum absolute atomic E-state index is 0.0798. The number of hydrogen-bond donors (Lipinski definition) is 1. The molecule has 0 spiro atoms. The van der Waals surface area contributed by atoms with Crippen LogP contribution in [0.2, 0.25) is 5.02 Å². The van der Waals surface area contributed by atoms with Crippen molar-refractivity contribution < 1.29 is 14.2 Å². The van der Waals surface area contributed by atoms with Crippen molar-refractivity contribution in [3.63, 3.8) is 0 Å². The predicted octanol–water partition coefficient (Wildman–Crippen LogP) is 4.07. The molecule has 1 N–H and O–H groups in total. The number of ether oxygens (including phenoxy) is 1. The molecule has 20 heavy (non-hydrogen) atoms. The van der Waals surface area contributed by atoms with Gasteiger partial charge in [0.1, 0.15) is 11.6 Å². The van der Waals surface area contributed by atoms with Crippen LogP contribution in [0, 0.1) is 12.7 Å². The van der Waals surface area contributed by atoms with E-state index < -0.39 is 11.9 Å². The smallest absolute Gasteiger partial charge is 0.142 e. The quantitative estimate of drug-likeness (QED) is 0.921. The first kappa shape index (κ1) is 14.8. The molecule has 0 aliphatic rings. The Morgan fingerprint density at radius 2 is 2.00 bits per heavy atom. The summed E-state index contributed by atoms with van der Waals surface area (Å²) < 4.78 is 18.7. The molecule has 2 nitrogen and oxygen atoms in total. The third-order valence-electron chi connectivity index (χ3n) is 3.16. The summed E-state index contributed by atoms with van der Waals surface area (Å²) in [5, 5.41) is 10.4. The maximum absolute atomic E-state index is 13.4. The van der Waals surface area contributed by atoms with E-state index in [2.05, 4.69) is 0 Å². The van der Waals surface area contributed by atoms with Crippen LogP contribution in [0.1, 0.15) is 22.8 Å². The Labute approximate surface area is 122 Å². The van der Waals surface area contributed by atoms with Gasteiger partial charge < -0.3 is 9.84 Å². The first-order chi connectivity index (χ1) is 9.51. The van der Waals surface area contributed by atoms with Crippen molar-refractivity contribution in [3.05, 3.63) is 63.9 Å². The van der Waals surface area contributed by atoms with E-state index in [1.165, 1.54) is 12.1 Å². The van der Waals surface area contributed by atoms with Crippen LogP contribution in [0.4, 0.5) is 4.39 Å². The summed E-state index contributed by atoms with van der Waals surface area (Å²) in [4.78, 5) is 0. The molecule has 1 unspecified atom stereocenters. The Balaban J connectivity index is 2.23. The lowest BCUT2D eigenvalue weighted by Gasteiger charge is -2.15. The molecule has 0 radical (unpaired) electrons. The van der Waals surface area contributed by atoms with Gasteiger partial charge in [-0.2, -0.15) is 0 Å². The molecule has 0 fully saturated rings. The molecule has 0 aliphatic heterocycles. The van der Waals surface area contributed by atoms with Crippen molar-refractivity contribution in [1.29, 1.82) is 0 Å². The van der Waals surface area contributed by atoms with Crippen molar-refractivity contribution in [2.75, 3.05) is 7.11 Å². The minimum Gasteiger partial charge on any atom is -0.496 e. The van der Waals surface area contributed by atoms with Gasteiger partial charge in [0.2, 0.25) is 0 Å². The highest BCUT2D eigenvalue weighted by Gasteiger charge is 2.14. The van der Waals surface area contributed by atoms with Gasteiger partial charge in [-0.3, -0.25) is 0 Å². The Morgan fingerprint density at radius 1 is 1.25 bits per heavy atom. The van der Waals surface area contributed by atoms with Crippen LogP contribution >= 0.6 is 11.6 Å². The molecule has 106 valence electrons. The second-order valence-electron chi connectivity index (χ2n) is 4.71. The van der Waals surface area contributed by atoms with Crippen molar-refractivity contribution in [2.24, 2.45) is 0 Å². The van der Waals surface area contributed by atoms with Gasteiger partial charge >= 0.3 is 0 Å². The maximum atomic E-state index is 13.4. The van der Waals surface area contributed by atoms with E-state index in [0.29, 0.717) is 23.3 Å². The van der Waals surface area contributed by atoms with E-state index >= 15 is 0 Å². The first-order valence-electron chi connectivity index (χ1n) is 6.28.